The van der Waals surface area contributed by atoms with Crippen molar-refractivity contribution < 1.29 is 0 Å². The number of fused-ring (bicyclic) bond motifs is 3. The molecule has 2 N–H and O–H groups in total. The fourth-order valence-corrected chi connectivity index (χ4v) is 8.16. The summed E-state index contributed by atoms with van der Waals surface area (Å²) < 4.78 is 2.19. The molecular weight excluding hydrogens is 386 g/mol. The van der Waals surface area contributed by atoms with Crippen LogP contribution in [0, 0.1) is 28.6 Å². The topological polar surface area (TPSA) is 83.8 Å². The molecular formula is C24H29N7. The second-order valence-electron chi connectivity index (χ2n) is 10.7. The number of hydrogen-bond acceptors (Lipinski definition) is 5. The minimum atomic E-state index is 0.514. The van der Waals surface area contributed by atoms with E-state index in [0.29, 0.717) is 11.8 Å². The van der Waals surface area contributed by atoms with E-state index in [1.807, 2.05) is 0 Å². The van der Waals surface area contributed by atoms with Gasteiger partial charge in [0.25, 0.3) is 0 Å². The van der Waals surface area contributed by atoms with Crippen LogP contribution in [0.15, 0.2) is 30.5 Å². The van der Waals surface area contributed by atoms with Crippen molar-refractivity contribution >= 4 is 11.3 Å². The molecule has 0 aromatic carbocycles. The third-order valence-electron chi connectivity index (χ3n) is 9.09. The molecule has 3 heterocycles. The van der Waals surface area contributed by atoms with Crippen LogP contribution >= 0.6 is 0 Å². The molecule has 0 amide bonds. The lowest BCUT2D eigenvalue weighted by Crippen LogP contribution is -2.42. The van der Waals surface area contributed by atoms with E-state index < -0.39 is 0 Å². The van der Waals surface area contributed by atoms with Crippen molar-refractivity contribution in [1.29, 1.82) is 0 Å². The van der Waals surface area contributed by atoms with Crippen LogP contribution in [-0.2, 0) is 6.42 Å². The molecule has 7 heteroatoms. The van der Waals surface area contributed by atoms with Gasteiger partial charge in [-0.05, 0) is 96.6 Å². The molecule has 5 atom stereocenters. The predicted molar refractivity (Wildman–Crippen MR) is 117 cm³/mol. The fraction of sp³-hybridized carbons (Fsp3) is 0.583. The lowest BCUT2D eigenvalue weighted by Gasteiger charge is -2.49. The Balaban J connectivity index is 1.15. The number of aromatic nitrogens is 6. The Bertz CT molecular complexity index is 1170. The number of tetrazole rings is 1. The Morgan fingerprint density at radius 2 is 2.23 bits per heavy atom. The fourth-order valence-electron chi connectivity index (χ4n) is 8.16. The third kappa shape index (κ3) is 2.52. The molecule has 3 aromatic rings. The summed E-state index contributed by atoms with van der Waals surface area (Å²) in [6, 6.07) is 6.34. The maximum Gasteiger partial charge on any atom is 0.154 e. The zero-order valence-corrected chi connectivity index (χ0v) is 18.0. The molecule has 1 spiro atoms. The van der Waals surface area contributed by atoms with Gasteiger partial charge in [-0.2, -0.15) is 0 Å². The quantitative estimate of drug-likeness (QED) is 0.643. The largest absolute Gasteiger partial charge is 0.383 e. The summed E-state index contributed by atoms with van der Waals surface area (Å²) in [6.45, 7) is 3.24. The average molecular weight is 416 g/mol. The number of nitrogens with one attached hydrogen (secondary N) is 2. The Morgan fingerprint density at radius 3 is 3.10 bits per heavy atom. The number of aromatic amines is 1. The van der Waals surface area contributed by atoms with Gasteiger partial charge in [-0.1, -0.05) is 12.1 Å². The predicted octanol–water partition coefficient (Wildman–Crippen LogP) is 3.61. The number of H-pyrrole nitrogens is 1. The number of nitrogens with zero attached hydrogens (tertiary/aromatic N) is 5. The van der Waals surface area contributed by atoms with E-state index in [1.165, 1.54) is 43.5 Å². The minimum Gasteiger partial charge on any atom is -0.383 e. The average Bonchev–Trinajstić information content (AvgIpc) is 3.49. The molecule has 3 aromatic heterocycles. The van der Waals surface area contributed by atoms with Crippen molar-refractivity contribution in [3.8, 4) is 0 Å². The Labute approximate surface area is 181 Å². The van der Waals surface area contributed by atoms with E-state index in [2.05, 4.69) is 67.7 Å². The van der Waals surface area contributed by atoms with Gasteiger partial charge in [0.15, 0.2) is 5.82 Å². The van der Waals surface area contributed by atoms with Crippen LogP contribution in [0.25, 0.3) is 11.3 Å². The van der Waals surface area contributed by atoms with Crippen LogP contribution < -0.4 is 5.32 Å². The first kappa shape index (κ1) is 17.9. The second kappa shape index (κ2) is 6.17. The first-order valence-corrected chi connectivity index (χ1v) is 11.8. The van der Waals surface area contributed by atoms with Crippen molar-refractivity contribution in [1.82, 2.24) is 35.3 Å². The first-order valence-electron chi connectivity index (χ1n) is 11.8. The molecule has 7 nitrogen and oxygen atoms in total. The maximum absolute atomic E-state index is 4.79. The summed E-state index contributed by atoms with van der Waals surface area (Å²) in [4.78, 5) is 4.79. The highest BCUT2D eigenvalue weighted by Crippen LogP contribution is 2.78. The second-order valence-corrected chi connectivity index (χ2v) is 10.7. The summed E-state index contributed by atoms with van der Waals surface area (Å²) in [5.41, 5.74) is 5.55. The highest BCUT2D eigenvalue weighted by atomic mass is 15.5. The van der Waals surface area contributed by atoms with E-state index in [9.17, 15) is 0 Å². The van der Waals surface area contributed by atoms with Gasteiger partial charge in [-0.15, -0.1) is 5.10 Å². The molecule has 0 saturated heterocycles. The molecule has 4 aliphatic carbocycles. The monoisotopic (exact) mass is 415 g/mol. The Kier molecular flexibility index (Phi) is 3.57. The zero-order chi connectivity index (χ0) is 20.6. The van der Waals surface area contributed by atoms with Gasteiger partial charge in [0.1, 0.15) is 5.65 Å². The first-order chi connectivity index (χ1) is 15.2. The number of pyridine rings is 1. The van der Waals surface area contributed by atoms with E-state index in [4.69, 9.17) is 4.98 Å². The lowest BCUT2D eigenvalue weighted by atomic mass is 9.55. The molecule has 160 valence electrons. The standard InChI is InChI=1S/C24H29N7/c1-2-19(25-14-23-9-15-6-16-7-17(11-23)24(16,10-15)13-23)20-4-3-5-22-26-18(12-31(20)22)8-21-27-29-30-28-21/h2-5,12,15-17,25H,6-11,13-14H2,1H3,(H,27,28,29,30)/b19-2-. The highest BCUT2D eigenvalue weighted by Gasteiger charge is 2.70. The van der Waals surface area contributed by atoms with Gasteiger partial charge >= 0.3 is 0 Å². The van der Waals surface area contributed by atoms with Crippen molar-refractivity contribution in [2.24, 2.45) is 28.6 Å². The summed E-state index contributed by atoms with van der Waals surface area (Å²) in [7, 11) is 0. The minimum absolute atomic E-state index is 0.514. The third-order valence-corrected chi connectivity index (χ3v) is 9.09. The number of imidazole rings is 1. The lowest BCUT2D eigenvalue weighted by molar-refractivity contribution is -0.00241. The summed E-state index contributed by atoms with van der Waals surface area (Å²) in [5, 5.41) is 18.0. The number of allylic oxidation sites excluding steroid dienone is 1. The van der Waals surface area contributed by atoms with Crippen molar-refractivity contribution in [2.75, 3.05) is 6.54 Å². The van der Waals surface area contributed by atoms with Crippen LogP contribution in [0.4, 0.5) is 0 Å². The molecule has 4 saturated carbocycles. The van der Waals surface area contributed by atoms with Gasteiger partial charge in [-0.25, -0.2) is 10.1 Å². The van der Waals surface area contributed by atoms with Crippen molar-refractivity contribution in [2.45, 2.75) is 51.9 Å². The van der Waals surface area contributed by atoms with E-state index in [0.717, 1.165) is 46.9 Å². The van der Waals surface area contributed by atoms with Crippen LogP contribution in [-0.4, -0.2) is 36.6 Å². The summed E-state index contributed by atoms with van der Waals surface area (Å²) >= 11 is 0. The highest BCUT2D eigenvalue weighted by molar-refractivity contribution is 5.64. The van der Waals surface area contributed by atoms with Crippen LogP contribution in [0.1, 0.15) is 62.7 Å². The van der Waals surface area contributed by atoms with Gasteiger partial charge in [0.2, 0.25) is 0 Å². The van der Waals surface area contributed by atoms with Gasteiger partial charge in [-0.3, -0.25) is 4.40 Å². The molecule has 4 fully saturated rings. The van der Waals surface area contributed by atoms with E-state index in [1.54, 1.807) is 6.42 Å². The Morgan fingerprint density at radius 1 is 1.26 bits per heavy atom. The van der Waals surface area contributed by atoms with Crippen LogP contribution in [0.2, 0.25) is 0 Å². The Hall–Kier alpha value is -2.70. The van der Waals surface area contributed by atoms with Gasteiger partial charge < -0.3 is 5.32 Å². The molecule has 4 aliphatic rings. The van der Waals surface area contributed by atoms with E-state index in [-0.39, 0.29) is 0 Å². The van der Waals surface area contributed by atoms with Crippen LogP contribution in [0.5, 0.6) is 0 Å². The van der Waals surface area contributed by atoms with Crippen molar-refractivity contribution in [3.05, 3.63) is 47.7 Å². The normalized spacial score (nSPS) is 35.5. The number of hydrogen-bond donors (Lipinski definition) is 2. The summed E-state index contributed by atoms with van der Waals surface area (Å²) in [6.07, 6.45) is 13.9. The van der Waals surface area contributed by atoms with Gasteiger partial charge in [0, 0.05) is 12.7 Å². The maximum atomic E-state index is 4.79. The van der Waals surface area contributed by atoms with Crippen molar-refractivity contribution in [3.63, 3.8) is 0 Å². The van der Waals surface area contributed by atoms with E-state index >= 15 is 0 Å². The molecule has 0 radical (unpaired) electrons. The molecule has 5 unspecified atom stereocenters. The molecule has 31 heavy (non-hydrogen) atoms. The molecule has 0 aliphatic heterocycles. The molecule has 7 rings (SSSR count). The summed E-state index contributed by atoms with van der Waals surface area (Å²) in [5.74, 6) is 3.80. The zero-order valence-electron chi connectivity index (χ0n) is 18.0. The molecule has 3 bridgehead atoms. The van der Waals surface area contributed by atoms with Gasteiger partial charge in [0.05, 0.1) is 23.5 Å². The number of rotatable bonds is 6. The smallest absolute Gasteiger partial charge is 0.154 e. The van der Waals surface area contributed by atoms with Crippen LogP contribution in [0.3, 0.4) is 0 Å². The SMILES string of the molecule is C/C=C(\NCC12CC3CC4CC(C1)C4(C3)C2)c1cccc2nc(Cc3nnn[nH]3)cn12.